The zero-order valence-corrected chi connectivity index (χ0v) is 11.8. The SMILES string of the molecule is CC1NCCN(C(=O)CSCC(N)=O)C1C.Cl. The molecular weight excluding hydrogens is 262 g/mol. The summed E-state index contributed by atoms with van der Waals surface area (Å²) >= 11 is 1.28. The average Bonchev–Trinajstić information content (AvgIpc) is 2.21. The maximum absolute atomic E-state index is 11.9. The van der Waals surface area contributed by atoms with E-state index in [0.29, 0.717) is 11.8 Å². The zero-order chi connectivity index (χ0) is 12.1. The van der Waals surface area contributed by atoms with Crippen molar-refractivity contribution in [1.82, 2.24) is 10.2 Å². The summed E-state index contributed by atoms with van der Waals surface area (Å²) in [5.74, 6) is 0.258. The number of nitrogens with two attached hydrogens (primary N) is 1. The summed E-state index contributed by atoms with van der Waals surface area (Å²) in [5.41, 5.74) is 5.01. The first-order valence-corrected chi connectivity index (χ1v) is 6.56. The van der Waals surface area contributed by atoms with Gasteiger partial charge in [0.25, 0.3) is 0 Å². The third-order valence-corrected chi connectivity index (χ3v) is 3.76. The smallest absolute Gasteiger partial charge is 0.232 e. The molecule has 1 aliphatic rings. The lowest BCUT2D eigenvalue weighted by atomic mass is 10.1. The van der Waals surface area contributed by atoms with Gasteiger partial charge in [-0.3, -0.25) is 9.59 Å². The Bertz CT molecular complexity index is 278. The van der Waals surface area contributed by atoms with Crippen LogP contribution < -0.4 is 11.1 Å². The number of thioether (sulfide) groups is 1. The topological polar surface area (TPSA) is 75.4 Å². The molecule has 1 heterocycles. The number of amides is 2. The summed E-state index contributed by atoms with van der Waals surface area (Å²) in [6.07, 6.45) is 0. The molecule has 2 atom stereocenters. The highest BCUT2D eigenvalue weighted by Crippen LogP contribution is 2.11. The predicted octanol–water partition coefficient (Wildman–Crippen LogP) is -0.164. The number of primary amides is 1. The lowest BCUT2D eigenvalue weighted by molar-refractivity contribution is -0.131. The lowest BCUT2D eigenvalue weighted by Gasteiger charge is -2.38. The first kappa shape index (κ1) is 16.5. The number of carbonyl (C=O) groups is 2. The van der Waals surface area contributed by atoms with E-state index < -0.39 is 0 Å². The van der Waals surface area contributed by atoms with Crippen molar-refractivity contribution in [2.24, 2.45) is 5.73 Å². The first-order valence-electron chi connectivity index (χ1n) is 5.41. The third kappa shape index (κ3) is 5.14. The molecule has 0 radical (unpaired) electrons. The van der Waals surface area contributed by atoms with Crippen LogP contribution in [0, 0.1) is 0 Å². The fourth-order valence-corrected chi connectivity index (χ4v) is 2.37. The van der Waals surface area contributed by atoms with Crippen molar-refractivity contribution in [3.8, 4) is 0 Å². The molecule has 0 aromatic carbocycles. The molecule has 1 rings (SSSR count). The van der Waals surface area contributed by atoms with Gasteiger partial charge in [-0.05, 0) is 13.8 Å². The maximum atomic E-state index is 11.9. The van der Waals surface area contributed by atoms with Crippen molar-refractivity contribution in [3.63, 3.8) is 0 Å². The van der Waals surface area contributed by atoms with Crippen LogP contribution in [0.4, 0.5) is 0 Å². The molecule has 0 spiro atoms. The van der Waals surface area contributed by atoms with Crippen LogP contribution in [0.5, 0.6) is 0 Å². The zero-order valence-electron chi connectivity index (χ0n) is 10.1. The van der Waals surface area contributed by atoms with Gasteiger partial charge in [0.2, 0.25) is 11.8 Å². The largest absolute Gasteiger partial charge is 0.369 e. The third-order valence-electron chi connectivity index (χ3n) is 2.82. The van der Waals surface area contributed by atoms with Crippen LogP contribution in [0.15, 0.2) is 0 Å². The summed E-state index contributed by atoms with van der Waals surface area (Å²) in [5, 5.41) is 3.32. The standard InChI is InChI=1S/C10H19N3O2S.ClH/c1-7-8(2)13(4-3-12-7)10(15)6-16-5-9(11)14;/h7-8,12H,3-6H2,1-2H3,(H2,11,14);1H. The second-order valence-electron chi connectivity index (χ2n) is 4.03. The Hall–Kier alpha value is -0.460. The second kappa shape index (κ2) is 7.79. The molecule has 3 N–H and O–H groups in total. The molecule has 7 heteroatoms. The Morgan fingerprint density at radius 2 is 2.06 bits per heavy atom. The normalized spacial score (nSPS) is 24.0. The molecule has 0 aromatic rings. The minimum Gasteiger partial charge on any atom is -0.369 e. The van der Waals surface area contributed by atoms with Crippen LogP contribution >= 0.6 is 24.2 Å². The Labute approximate surface area is 112 Å². The van der Waals surface area contributed by atoms with Crippen LogP contribution in [-0.2, 0) is 9.59 Å². The number of hydrogen-bond donors (Lipinski definition) is 2. The molecule has 0 aliphatic carbocycles. The molecule has 0 aromatic heterocycles. The highest BCUT2D eigenvalue weighted by atomic mass is 35.5. The Balaban J connectivity index is 0.00000256. The fraction of sp³-hybridized carbons (Fsp3) is 0.800. The Morgan fingerprint density at radius 1 is 1.41 bits per heavy atom. The van der Waals surface area contributed by atoms with Crippen molar-refractivity contribution in [2.75, 3.05) is 24.6 Å². The number of nitrogens with zero attached hydrogens (tertiary/aromatic N) is 1. The number of piperazine rings is 1. The maximum Gasteiger partial charge on any atom is 0.232 e. The Morgan fingerprint density at radius 3 is 2.65 bits per heavy atom. The summed E-state index contributed by atoms with van der Waals surface area (Å²) in [4.78, 5) is 24.3. The van der Waals surface area contributed by atoms with Gasteiger partial charge in [0.15, 0.2) is 0 Å². The monoisotopic (exact) mass is 281 g/mol. The van der Waals surface area contributed by atoms with Crippen LogP contribution in [0.3, 0.4) is 0 Å². The molecule has 2 amide bonds. The van der Waals surface area contributed by atoms with Crippen molar-refractivity contribution in [2.45, 2.75) is 25.9 Å². The van der Waals surface area contributed by atoms with Crippen LogP contribution in [0.25, 0.3) is 0 Å². The quantitative estimate of drug-likeness (QED) is 0.751. The Kier molecular flexibility index (Phi) is 7.58. The minimum atomic E-state index is -0.375. The predicted molar refractivity (Wildman–Crippen MR) is 72.4 cm³/mol. The number of halogens is 1. The van der Waals surface area contributed by atoms with Crippen molar-refractivity contribution in [3.05, 3.63) is 0 Å². The molecule has 0 bridgehead atoms. The number of nitrogens with one attached hydrogen (secondary N) is 1. The summed E-state index contributed by atoms with van der Waals surface area (Å²) in [6, 6.07) is 0.522. The molecular formula is C10H20ClN3O2S. The van der Waals surface area contributed by atoms with E-state index in [1.165, 1.54) is 11.8 Å². The summed E-state index contributed by atoms with van der Waals surface area (Å²) in [7, 11) is 0. The molecule has 1 aliphatic heterocycles. The number of carbonyl (C=O) groups excluding carboxylic acids is 2. The van der Waals surface area contributed by atoms with Crippen molar-refractivity contribution >= 4 is 36.0 Å². The van der Waals surface area contributed by atoms with E-state index >= 15 is 0 Å². The van der Waals surface area contributed by atoms with Gasteiger partial charge in [-0.2, -0.15) is 0 Å². The van der Waals surface area contributed by atoms with Crippen molar-refractivity contribution < 1.29 is 9.59 Å². The molecule has 17 heavy (non-hydrogen) atoms. The van der Waals surface area contributed by atoms with E-state index in [4.69, 9.17) is 5.73 Å². The summed E-state index contributed by atoms with van der Waals surface area (Å²) < 4.78 is 0. The molecule has 1 fully saturated rings. The average molecular weight is 282 g/mol. The molecule has 100 valence electrons. The minimum absolute atomic E-state index is 0. The van der Waals surface area contributed by atoms with Gasteiger partial charge in [-0.25, -0.2) is 0 Å². The molecule has 1 saturated heterocycles. The van der Waals surface area contributed by atoms with E-state index in [1.54, 1.807) is 0 Å². The van der Waals surface area contributed by atoms with Gasteiger partial charge in [0.1, 0.15) is 0 Å². The van der Waals surface area contributed by atoms with Gasteiger partial charge < -0.3 is 16.0 Å². The van der Waals surface area contributed by atoms with E-state index in [1.807, 2.05) is 11.8 Å². The molecule has 5 nitrogen and oxygen atoms in total. The van der Waals surface area contributed by atoms with Gasteiger partial charge >= 0.3 is 0 Å². The van der Waals surface area contributed by atoms with E-state index in [-0.39, 0.29) is 36.0 Å². The molecule has 0 saturated carbocycles. The van der Waals surface area contributed by atoms with E-state index in [2.05, 4.69) is 12.2 Å². The summed E-state index contributed by atoms with van der Waals surface area (Å²) in [6.45, 7) is 5.67. The van der Waals surface area contributed by atoms with Gasteiger partial charge in [0.05, 0.1) is 11.5 Å². The number of hydrogen-bond acceptors (Lipinski definition) is 4. The van der Waals surface area contributed by atoms with E-state index in [9.17, 15) is 9.59 Å². The van der Waals surface area contributed by atoms with Crippen LogP contribution in [0.1, 0.15) is 13.8 Å². The van der Waals surface area contributed by atoms with Crippen LogP contribution in [0.2, 0.25) is 0 Å². The molecule has 2 unspecified atom stereocenters. The van der Waals surface area contributed by atoms with Crippen molar-refractivity contribution in [1.29, 1.82) is 0 Å². The lowest BCUT2D eigenvalue weighted by Crippen LogP contribution is -2.57. The first-order chi connectivity index (χ1) is 7.52. The highest BCUT2D eigenvalue weighted by Gasteiger charge is 2.27. The van der Waals surface area contributed by atoms with Gasteiger partial charge in [-0.1, -0.05) is 0 Å². The van der Waals surface area contributed by atoms with E-state index in [0.717, 1.165) is 13.1 Å². The van der Waals surface area contributed by atoms with Gasteiger partial charge in [-0.15, -0.1) is 24.2 Å². The second-order valence-corrected chi connectivity index (χ2v) is 5.02. The highest BCUT2D eigenvalue weighted by molar-refractivity contribution is 8.00. The number of rotatable bonds is 4. The fourth-order valence-electron chi connectivity index (χ4n) is 1.73. The van der Waals surface area contributed by atoms with Crippen LogP contribution in [-0.4, -0.2) is 53.4 Å². The van der Waals surface area contributed by atoms with Gasteiger partial charge in [0, 0.05) is 25.2 Å².